The number of nitrogens with one attached hydrogen (secondary N) is 2. The first kappa shape index (κ1) is 10.6. The molecule has 0 aromatic carbocycles. The highest BCUT2D eigenvalue weighted by Gasteiger charge is 1.99. The Kier molecular flexibility index (Phi) is 3.58. The molecular formula is C8H10BrN5. The van der Waals surface area contributed by atoms with Gasteiger partial charge in [0.25, 0.3) is 0 Å². The zero-order valence-electron chi connectivity index (χ0n) is 7.58. The summed E-state index contributed by atoms with van der Waals surface area (Å²) in [5.41, 5.74) is 5.75. The van der Waals surface area contributed by atoms with Gasteiger partial charge in [0.2, 0.25) is 0 Å². The van der Waals surface area contributed by atoms with Gasteiger partial charge in [0.05, 0.1) is 12.4 Å². The highest BCUT2D eigenvalue weighted by atomic mass is 79.9. The van der Waals surface area contributed by atoms with Crippen LogP contribution in [0.1, 0.15) is 18.4 Å². The van der Waals surface area contributed by atoms with Crippen molar-refractivity contribution in [2.75, 3.05) is 0 Å². The van der Waals surface area contributed by atoms with Crippen molar-refractivity contribution in [2.45, 2.75) is 6.92 Å². The lowest BCUT2D eigenvalue weighted by Gasteiger charge is -1.88. The van der Waals surface area contributed by atoms with Gasteiger partial charge < -0.3 is 10.7 Å². The van der Waals surface area contributed by atoms with Crippen LogP contribution in [-0.4, -0.2) is 22.0 Å². The number of aromatic amines is 1. The van der Waals surface area contributed by atoms with Crippen LogP contribution in [-0.2, 0) is 0 Å². The topological polar surface area (TPSA) is 90.9 Å². The monoisotopic (exact) mass is 255 g/mol. The number of imidazole rings is 1. The van der Waals surface area contributed by atoms with Gasteiger partial charge >= 0.3 is 0 Å². The number of hydrogen-bond donors (Lipinski definition) is 3. The summed E-state index contributed by atoms with van der Waals surface area (Å²) in [5, 5.41) is 7.14. The van der Waals surface area contributed by atoms with Gasteiger partial charge in [0.15, 0.2) is 0 Å². The molecule has 5 nitrogen and oxygen atoms in total. The minimum atomic E-state index is -0.0396. The molecule has 1 aromatic rings. The Labute approximate surface area is 89.8 Å². The Morgan fingerprint density at radius 1 is 1.79 bits per heavy atom. The number of amidine groups is 1. The number of allylic oxidation sites excluding steroid dienone is 1. The van der Waals surface area contributed by atoms with Crippen molar-refractivity contribution in [1.82, 2.24) is 9.97 Å². The van der Waals surface area contributed by atoms with Crippen LogP contribution < -0.4 is 5.73 Å². The molecule has 0 aliphatic heterocycles. The van der Waals surface area contributed by atoms with Gasteiger partial charge in [-0.2, -0.15) is 0 Å². The number of nitrogens with zero attached hydrogens (tertiary/aromatic N) is 2. The Balaban J connectivity index is 2.78. The van der Waals surface area contributed by atoms with Crippen molar-refractivity contribution in [3.63, 3.8) is 0 Å². The predicted molar refractivity (Wildman–Crippen MR) is 59.9 cm³/mol. The molecule has 0 aliphatic carbocycles. The molecule has 6 heteroatoms. The summed E-state index contributed by atoms with van der Waals surface area (Å²) < 4.78 is 0.721. The molecule has 4 N–H and O–H groups in total. The van der Waals surface area contributed by atoms with E-state index in [-0.39, 0.29) is 5.84 Å². The van der Waals surface area contributed by atoms with Gasteiger partial charge in [-0.1, -0.05) is 6.08 Å². The highest BCUT2D eigenvalue weighted by molar-refractivity contribution is 9.11. The smallest absolute Gasteiger partial charge is 0.149 e. The van der Waals surface area contributed by atoms with Crippen molar-refractivity contribution in [1.29, 1.82) is 5.41 Å². The summed E-state index contributed by atoms with van der Waals surface area (Å²) in [6, 6.07) is 0. The number of rotatable bonds is 3. The first-order valence-corrected chi connectivity index (χ1v) is 4.68. The van der Waals surface area contributed by atoms with Crippen LogP contribution in [0, 0.1) is 5.41 Å². The second kappa shape index (κ2) is 4.71. The Bertz CT molecular complexity index is 390. The quantitative estimate of drug-likeness (QED) is 0.433. The number of H-pyrrole nitrogens is 1. The molecule has 0 aliphatic rings. The third-order valence-electron chi connectivity index (χ3n) is 1.43. The van der Waals surface area contributed by atoms with Crippen LogP contribution >= 0.6 is 15.9 Å². The van der Waals surface area contributed by atoms with Crippen molar-refractivity contribution < 1.29 is 0 Å². The number of nitrogen functional groups attached to an aromatic ring is 1. The molecule has 0 amide bonds. The first-order valence-electron chi connectivity index (χ1n) is 3.88. The van der Waals surface area contributed by atoms with E-state index < -0.39 is 0 Å². The summed E-state index contributed by atoms with van der Waals surface area (Å²) in [6.45, 7) is 1.87. The third-order valence-corrected chi connectivity index (χ3v) is 2.10. The number of halogens is 1. The van der Waals surface area contributed by atoms with E-state index in [1.165, 1.54) is 6.20 Å². The summed E-state index contributed by atoms with van der Waals surface area (Å²) in [4.78, 5) is 10.8. The number of aromatic nitrogens is 2. The fourth-order valence-corrected chi connectivity index (χ4v) is 0.839. The van der Waals surface area contributed by atoms with Crippen LogP contribution in [0.15, 0.2) is 21.9 Å². The van der Waals surface area contributed by atoms with E-state index in [0.29, 0.717) is 11.5 Å². The van der Waals surface area contributed by atoms with E-state index in [1.54, 1.807) is 6.21 Å². The molecular weight excluding hydrogens is 246 g/mol. The maximum absolute atomic E-state index is 7.14. The number of hydrogen-bond acceptors (Lipinski definition) is 3. The highest BCUT2D eigenvalue weighted by Crippen LogP contribution is 2.05. The van der Waals surface area contributed by atoms with Gasteiger partial charge in [-0.3, -0.25) is 5.41 Å². The van der Waals surface area contributed by atoms with Crippen LogP contribution in [0.4, 0.5) is 0 Å². The minimum absolute atomic E-state index is 0.0396. The molecule has 14 heavy (non-hydrogen) atoms. The molecule has 1 heterocycles. The van der Waals surface area contributed by atoms with Crippen LogP contribution in [0.2, 0.25) is 0 Å². The first-order chi connectivity index (χ1) is 6.63. The molecule has 0 saturated carbocycles. The SMILES string of the molecule is C/C=C(/Br)N=Cc1ncc(C(=N)N)[nH]1. The summed E-state index contributed by atoms with van der Waals surface area (Å²) in [5.74, 6) is 0.524. The van der Waals surface area contributed by atoms with Crippen LogP contribution in [0.3, 0.4) is 0 Å². The lowest BCUT2D eigenvalue weighted by Crippen LogP contribution is -2.11. The molecule has 0 unspecified atom stereocenters. The van der Waals surface area contributed by atoms with Crippen molar-refractivity contribution in [2.24, 2.45) is 10.7 Å². The molecule has 0 fully saturated rings. The fourth-order valence-electron chi connectivity index (χ4n) is 0.736. The average Bonchev–Trinajstić information content (AvgIpc) is 2.62. The summed E-state index contributed by atoms with van der Waals surface area (Å²) >= 11 is 3.22. The van der Waals surface area contributed by atoms with Gasteiger partial charge in [0, 0.05) is 0 Å². The van der Waals surface area contributed by atoms with Crippen molar-refractivity contribution in [3.05, 3.63) is 28.4 Å². The molecule has 0 bridgehead atoms. The van der Waals surface area contributed by atoms with Crippen molar-refractivity contribution in [3.8, 4) is 0 Å². The van der Waals surface area contributed by atoms with Crippen LogP contribution in [0.25, 0.3) is 0 Å². The number of aliphatic imine (C=N–C) groups is 1. The minimum Gasteiger partial charge on any atom is -0.382 e. The zero-order valence-corrected chi connectivity index (χ0v) is 9.17. The molecule has 0 radical (unpaired) electrons. The molecule has 0 spiro atoms. The molecule has 0 saturated heterocycles. The second-order valence-corrected chi connectivity index (χ2v) is 3.28. The maximum atomic E-state index is 7.14. The molecule has 1 aromatic heterocycles. The normalized spacial score (nSPS) is 12.3. The summed E-state index contributed by atoms with van der Waals surface area (Å²) in [7, 11) is 0. The molecule has 74 valence electrons. The molecule has 0 atom stereocenters. The lowest BCUT2D eigenvalue weighted by molar-refractivity contribution is 1.25. The third kappa shape index (κ3) is 2.81. The lowest BCUT2D eigenvalue weighted by atomic mass is 10.4. The standard InChI is InChI=1S/C8H10BrN5/c1-2-6(9)12-4-7-13-3-5(14-7)8(10)11/h2-4H,1H3,(H3,10,11)(H,13,14)/b6-2-,12-4?. The average molecular weight is 256 g/mol. The second-order valence-electron chi connectivity index (χ2n) is 2.47. The van der Waals surface area contributed by atoms with Gasteiger partial charge in [-0.25, -0.2) is 9.98 Å². The van der Waals surface area contributed by atoms with E-state index in [1.807, 2.05) is 13.0 Å². The molecule has 1 rings (SSSR count). The van der Waals surface area contributed by atoms with E-state index >= 15 is 0 Å². The zero-order chi connectivity index (χ0) is 10.6. The van der Waals surface area contributed by atoms with Crippen LogP contribution in [0.5, 0.6) is 0 Å². The van der Waals surface area contributed by atoms with E-state index in [4.69, 9.17) is 11.1 Å². The maximum Gasteiger partial charge on any atom is 0.149 e. The number of nitrogens with two attached hydrogens (primary N) is 1. The Hall–Kier alpha value is -1.43. The van der Waals surface area contributed by atoms with Gasteiger partial charge in [-0.05, 0) is 22.9 Å². The fraction of sp³-hybridized carbons (Fsp3) is 0.125. The van der Waals surface area contributed by atoms with E-state index in [9.17, 15) is 0 Å². The van der Waals surface area contributed by atoms with Gasteiger partial charge in [-0.15, -0.1) is 0 Å². The summed E-state index contributed by atoms with van der Waals surface area (Å²) in [6.07, 6.45) is 4.86. The van der Waals surface area contributed by atoms with E-state index in [2.05, 4.69) is 30.9 Å². The predicted octanol–water partition coefficient (Wildman–Crippen LogP) is 1.37. The Morgan fingerprint density at radius 3 is 3.00 bits per heavy atom. The largest absolute Gasteiger partial charge is 0.382 e. The Morgan fingerprint density at radius 2 is 2.50 bits per heavy atom. The van der Waals surface area contributed by atoms with Crippen molar-refractivity contribution >= 4 is 28.0 Å². The van der Waals surface area contributed by atoms with Gasteiger partial charge in [0.1, 0.15) is 22.0 Å². The van der Waals surface area contributed by atoms with E-state index in [0.717, 1.165) is 4.61 Å².